The third kappa shape index (κ3) is 3.44. The average molecular weight is 264 g/mol. The summed E-state index contributed by atoms with van der Waals surface area (Å²) in [4.78, 5) is 24.8. The van der Waals surface area contributed by atoms with Gasteiger partial charge in [0.05, 0.1) is 0 Å². The first-order valence-electron chi connectivity index (χ1n) is 6.70. The molecule has 19 heavy (non-hydrogen) atoms. The molecule has 5 heteroatoms. The predicted molar refractivity (Wildman–Crippen MR) is 72.1 cm³/mol. The Morgan fingerprint density at radius 1 is 1.42 bits per heavy atom. The van der Waals surface area contributed by atoms with Gasteiger partial charge in [0.2, 0.25) is 0 Å². The monoisotopic (exact) mass is 264 g/mol. The number of hydrogen-bond donors (Lipinski definition) is 1. The van der Waals surface area contributed by atoms with Gasteiger partial charge in [-0.2, -0.15) is 0 Å². The highest BCUT2D eigenvalue weighted by molar-refractivity contribution is 5.73. The van der Waals surface area contributed by atoms with E-state index in [1.54, 1.807) is 16.8 Å². The largest absolute Gasteiger partial charge is 0.480 e. The van der Waals surface area contributed by atoms with Crippen LogP contribution >= 0.6 is 0 Å². The number of carboxylic acid groups (broad SMARTS) is 1. The summed E-state index contributed by atoms with van der Waals surface area (Å²) in [7, 11) is 0. The topological polar surface area (TPSA) is 62.5 Å². The molecule has 1 fully saturated rings. The van der Waals surface area contributed by atoms with E-state index in [0.717, 1.165) is 13.0 Å². The molecule has 0 amide bonds. The van der Waals surface area contributed by atoms with Crippen molar-refractivity contribution in [1.29, 1.82) is 0 Å². The highest BCUT2D eigenvalue weighted by Gasteiger charge is 2.31. The van der Waals surface area contributed by atoms with Crippen LogP contribution < -0.4 is 5.56 Å². The summed E-state index contributed by atoms with van der Waals surface area (Å²) in [5.41, 5.74) is -0.0419. The molecule has 2 atom stereocenters. The van der Waals surface area contributed by atoms with E-state index in [1.807, 2.05) is 11.0 Å². The van der Waals surface area contributed by atoms with Gasteiger partial charge in [0.1, 0.15) is 6.04 Å². The van der Waals surface area contributed by atoms with E-state index in [-0.39, 0.29) is 5.56 Å². The molecular weight excluding hydrogens is 244 g/mol. The van der Waals surface area contributed by atoms with Crippen LogP contribution in [0.2, 0.25) is 0 Å². The van der Waals surface area contributed by atoms with Crippen molar-refractivity contribution in [2.45, 2.75) is 32.4 Å². The lowest BCUT2D eigenvalue weighted by Gasteiger charge is -2.35. The number of likely N-dealkylation sites (tertiary alicyclic amines) is 1. The molecule has 0 radical (unpaired) electrons. The lowest BCUT2D eigenvalue weighted by molar-refractivity contribution is -0.145. The minimum atomic E-state index is -0.757. The summed E-state index contributed by atoms with van der Waals surface area (Å²) in [6.45, 7) is 4.03. The van der Waals surface area contributed by atoms with Gasteiger partial charge in [0, 0.05) is 25.4 Å². The zero-order valence-corrected chi connectivity index (χ0v) is 11.2. The fourth-order valence-electron chi connectivity index (χ4n) is 2.60. The lowest BCUT2D eigenvalue weighted by atomic mass is 9.92. The number of pyridine rings is 1. The highest BCUT2D eigenvalue weighted by Crippen LogP contribution is 2.22. The summed E-state index contributed by atoms with van der Waals surface area (Å²) < 4.78 is 1.62. The van der Waals surface area contributed by atoms with Crippen LogP contribution in [0.4, 0.5) is 0 Å². The van der Waals surface area contributed by atoms with Crippen LogP contribution in [-0.2, 0) is 11.3 Å². The van der Waals surface area contributed by atoms with E-state index < -0.39 is 12.0 Å². The Kier molecular flexibility index (Phi) is 4.37. The van der Waals surface area contributed by atoms with Crippen LogP contribution in [0, 0.1) is 5.92 Å². The second kappa shape index (κ2) is 6.02. The molecule has 2 heterocycles. The average Bonchev–Trinajstić information content (AvgIpc) is 2.38. The lowest BCUT2D eigenvalue weighted by Crippen LogP contribution is -2.48. The second-order valence-electron chi connectivity index (χ2n) is 5.25. The number of nitrogens with zero attached hydrogens (tertiary/aromatic N) is 2. The Morgan fingerprint density at radius 3 is 2.89 bits per heavy atom. The van der Waals surface area contributed by atoms with Crippen LogP contribution in [0.5, 0.6) is 0 Å². The summed E-state index contributed by atoms with van der Waals surface area (Å²) in [6, 6.07) is 4.63. The van der Waals surface area contributed by atoms with Crippen LogP contribution in [0.25, 0.3) is 0 Å². The maximum atomic E-state index is 11.6. The summed E-state index contributed by atoms with van der Waals surface area (Å²) in [6.07, 6.45) is 3.46. The Labute approximate surface area is 112 Å². The first-order chi connectivity index (χ1) is 9.08. The fourth-order valence-corrected chi connectivity index (χ4v) is 2.60. The molecule has 1 aromatic heterocycles. The predicted octanol–water partition coefficient (Wildman–Crippen LogP) is 1.03. The van der Waals surface area contributed by atoms with E-state index in [2.05, 4.69) is 6.92 Å². The molecule has 0 aromatic carbocycles. The second-order valence-corrected chi connectivity index (χ2v) is 5.25. The molecule has 0 saturated carbocycles. The Bertz CT molecular complexity index is 497. The van der Waals surface area contributed by atoms with E-state index in [9.17, 15) is 14.7 Å². The molecule has 2 rings (SSSR count). The van der Waals surface area contributed by atoms with E-state index in [1.165, 1.54) is 6.07 Å². The number of carbonyl (C=O) groups is 1. The van der Waals surface area contributed by atoms with Crippen molar-refractivity contribution >= 4 is 5.97 Å². The Balaban J connectivity index is 2.00. The first kappa shape index (κ1) is 13.8. The van der Waals surface area contributed by atoms with Crippen molar-refractivity contribution in [2.75, 3.05) is 13.1 Å². The number of hydrogen-bond acceptors (Lipinski definition) is 3. The first-order valence-corrected chi connectivity index (χ1v) is 6.70. The van der Waals surface area contributed by atoms with Crippen molar-refractivity contribution in [3.8, 4) is 0 Å². The molecule has 0 spiro atoms. The van der Waals surface area contributed by atoms with Crippen molar-refractivity contribution in [2.24, 2.45) is 5.92 Å². The zero-order valence-electron chi connectivity index (χ0n) is 11.2. The molecule has 104 valence electrons. The number of aliphatic carboxylic acids is 1. The van der Waals surface area contributed by atoms with Gasteiger partial charge in [-0.25, -0.2) is 0 Å². The molecule has 1 aliphatic rings. The van der Waals surface area contributed by atoms with Gasteiger partial charge in [-0.3, -0.25) is 14.5 Å². The van der Waals surface area contributed by atoms with Crippen molar-refractivity contribution in [3.05, 3.63) is 34.7 Å². The molecule has 0 bridgehead atoms. The number of rotatable bonds is 4. The highest BCUT2D eigenvalue weighted by atomic mass is 16.4. The Morgan fingerprint density at radius 2 is 2.21 bits per heavy atom. The third-order valence-electron chi connectivity index (χ3n) is 3.79. The molecule has 0 aliphatic carbocycles. The van der Waals surface area contributed by atoms with Gasteiger partial charge in [0.15, 0.2) is 0 Å². The number of aromatic nitrogens is 1. The minimum Gasteiger partial charge on any atom is -0.480 e. The smallest absolute Gasteiger partial charge is 0.320 e. The molecule has 1 N–H and O–H groups in total. The standard InChI is InChI=1S/C14H20N2O3/c1-11-5-7-15(12(10-11)14(18)19)8-9-16-6-3-2-4-13(16)17/h2-4,6,11-12H,5,7-10H2,1H3,(H,18,19). The normalized spacial score (nSPS) is 24.3. The Hall–Kier alpha value is -1.62. The molecule has 2 unspecified atom stereocenters. The fraction of sp³-hybridized carbons (Fsp3) is 0.571. The van der Waals surface area contributed by atoms with Crippen LogP contribution in [0.15, 0.2) is 29.2 Å². The molecule has 1 saturated heterocycles. The van der Waals surface area contributed by atoms with Crippen LogP contribution in [0.3, 0.4) is 0 Å². The number of carboxylic acids is 1. The van der Waals surface area contributed by atoms with Gasteiger partial charge in [0.25, 0.3) is 5.56 Å². The zero-order chi connectivity index (χ0) is 13.8. The number of piperidine rings is 1. The van der Waals surface area contributed by atoms with Gasteiger partial charge >= 0.3 is 5.97 Å². The van der Waals surface area contributed by atoms with Crippen LogP contribution in [0.1, 0.15) is 19.8 Å². The van der Waals surface area contributed by atoms with E-state index in [0.29, 0.717) is 25.4 Å². The van der Waals surface area contributed by atoms with Crippen molar-refractivity contribution in [1.82, 2.24) is 9.47 Å². The summed E-state index contributed by atoms with van der Waals surface area (Å²) in [5.74, 6) is -0.302. The van der Waals surface area contributed by atoms with Gasteiger partial charge in [-0.15, -0.1) is 0 Å². The maximum absolute atomic E-state index is 11.6. The minimum absolute atomic E-state index is 0.0419. The molecular formula is C14H20N2O3. The quantitative estimate of drug-likeness (QED) is 0.882. The van der Waals surface area contributed by atoms with E-state index >= 15 is 0 Å². The van der Waals surface area contributed by atoms with Crippen molar-refractivity contribution in [3.63, 3.8) is 0 Å². The molecule has 1 aliphatic heterocycles. The van der Waals surface area contributed by atoms with Crippen molar-refractivity contribution < 1.29 is 9.90 Å². The van der Waals surface area contributed by atoms with Gasteiger partial charge in [-0.1, -0.05) is 13.0 Å². The third-order valence-corrected chi connectivity index (χ3v) is 3.79. The molecule has 1 aromatic rings. The van der Waals surface area contributed by atoms with Gasteiger partial charge < -0.3 is 9.67 Å². The van der Waals surface area contributed by atoms with Gasteiger partial charge in [-0.05, 0) is 31.4 Å². The SMILES string of the molecule is CC1CCN(CCn2ccccc2=O)C(C(=O)O)C1. The maximum Gasteiger partial charge on any atom is 0.320 e. The van der Waals surface area contributed by atoms with Crippen LogP contribution in [-0.4, -0.2) is 39.7 Å². The van der Waals surface area contributed by atoms with E-state index in [4.69, 9.17) is 0 Å². The molecule has 5 nitrogen and oxygen atoms in total. The summed E-state index contributed by atoms with van der Waals surface area (Å²) in [5, 5.41) is 9.27. The summed E-state index contributed by atoms with van der Waals surface area (Å²) >= 11 is 0.